The van der Waals surface area contributed by atoms with E-state index >= 15 is 4.39 Å². The molecule has 0 saturated carbocycles. The van der Waals surface area contributed by atoms with Gasteiger partial charge in [-0.15, -0.1) is 0 Å². The van der Waals surface area contributed by atoms with E-state index in [4.69, 9.17) is 18.9 Å². The van der Waals surface area contributed by atoms with E-state index in [0.29, 0.717) is 37.4 Å². The van der Waals surface area contributed by atoms with Gasteiger partial charge in [-0.05, 0) is 53.6 Å². The Hall–Kier alpha value is -3.35. The molecule has 1 aliphatic carbocycles. The summed E-state index contributed by atoms with van der Waals surface area (Å²) in [5.41, 5.74) is -2.62. The van der Waals surface area contributed by atoms with Crippen LogP contribution in [0, 0.1) is 5.82 Å². The third kappa shape index (κ3) is 6.51. The number of fused-ring (bicyclic) bond motifs is 1. The highest BCUT2D eigenvalue weighted by molar-refractivity contribution is 7.88. The maximum Gasteiger partial charge on any atom is 0.534 e. The second kappa shape index (κ2) is 12.4. The fourth-order valence-corrected chi connectivity index (χ4v) is 5.30. The van der Waals surface area contributed by atoms with Crippen LogP contribution in [0.2, 0.25) is 0 Å². The Labute approximate surface area is 229 Å². The zero-order valence-corrected chi connectivity index (χ0v) is 22.6. The van der Waals surface area contributed by atoms with Crippen molar-refractivity contribution in [1.82, 2.24) is 0 Å². The van der Waals surface area contributed by atoms with Crippen LogP contribution in [-0.4, -0.2) is 48.2 Å². The van der Waals surface area contributed by atoms with Crippen molar-refractivity contribution >= 4 is 10.1 Å². The summed E-state index contributed by atoms with van der Waals surface area (Å²) >= 11 is 0. The molecule has 4 rings (SSSR count). The van der Waals surface area contributed by atoms with Gasteiger partial charge in [0.05, 0.1) is 20.3 Å². The third-order valence-electron chi connectivity index (χ3n) is 6.65. The number of hydrogen-bond acceptors (Lipinski definition) is 7. The summed E-state index contributed by atoms with van der Waals surface area (Å²) < 4.78 is 102. The van der Waals surface area contributed by atoms with E-state index in [-0.39, 0.29) is 18.5 Å². The maximum absolute atomic E-state index is 15.2. The number of aryl methyl sites for hydroxylation is 1. The molecule has 0 unspecified atom stereocenters. The van der Waals surface area contributed by atoms with E-state index in [0.717, 1.165) is 28.8 Å². The number of alkyl halides is 3. The number of ether oxygens (including phenoxy) is 4. The normalized spacial score (nSPS) is 17.2. The zero-order chi connectivity index (χ0) is 28.9. The second-order valence-electron chi connectivity index (χ2n) is 9.07. The van der Waals surface area contributed by atoms with E-state index < -0.39 is 33.1 Å². The molecule has 12 heteroatoms. The molecule has 7 nitrogen and oxygen atoms in total. The third-order valence-corrected chi connectivity index (χ3v) is 7.61. The lowest BCUT2D eigenvalue weighted by molar-refractivity contribution is -0.0501. The molecule has 0 aliphatic heterocycles. The molecule has 0 bridgehead atoms. The summed E-state index contributed by atoms with van der Waals surface area (Å²) in [6.07, 6.45) is 1.35. The predicted octanol–water partition coefficient (Wildman–Crippen LogP) is 5.92. The highest BCUT2D eigenvalue weighted by atomic mass is 32.2. The first kappa shape index (κ1) is 29.6. The van der Waals surface area contributed by atoms with Crippen molar-refractivity contribution < 1.29 is 49.1 Å². The molecule has 0 heterocycles. The highest BCUT2D eigenvalue weighted by Gasteiger charge is 2.49. The molecule has 0 saturated heterocycles. The van der Waals surface area contributed by atoms with Crippen LogP contribution in [-0.2, 0) is 26.0 Å². The van der Waals surface area contributed by atoms with Crippen molar-refractivity contribution in [3.8, 4) is 17.2 Å². The molecule has 0 N–H and O–H groups in total. The van der Waals surface area contributed by atoms with Gasteiger partial charge in [0, 0.05) is 24.7 Å². The molecule has 0 fully saturated rings. The van der Waals surface area contributed by atoms with Gasteiger partial charge >= 0.3 is 15.6 Å². The molecule has 3 aromatic rings. The molecule has 2 atom stereocenters. The van der Waals surface area contributed by atoms with Gasteiger partial charge in [-0.2, -0.15) is 21.6 Å². The number of rotatable bonds is 11. The number of halogens is 4. The summed E-state index contributed by atoms with van der Waals surface area (Å²) in [7, 11) is -3.25. The van der Waals surface area contributed by atoms with E-state index in [9.17, 15) is 21.6 Å². The lowest BCUT2D eigenvalue weighted by atomic mass is 9.69. The van der Waals surface area contributed by atoms with Gasteiger partial charge in [0.25, 0.3) is 0 Å². The molecule has 216 valence electrons. The summed E-state index contributed by atoms with van der Waals surface area (Å²) in [4.78, 5) is 0. The molecule has 0 aromatic heterocycles. The topological polar surface area (TPSA) is 80.3 Å². The quantitative estimate of drug-likeness (QED) is 0.0910. The lowest BCUT2D eigenvalue weighted by Gasteiger charge is -2.35. The molecule has 0 spiro atoms. The minimum absolute atomic E-state index is 0.0144. The number of methoxy groups -OCH3 is 2. The fraction of sp³-hybridized carbons (Fsp3) is 0.357. The summed E-state index contributed by atoms with van der Waals surface area (Å²) in [6.45, 7) is 0.831. The van der Waals surface area contributed by atoms with Crippen molar-refractivity contribution in [2.45, 2.75) is 30.2 Å². The van der Waals surface area contributed by atoms with Crippen molar-refractivity contribution in [3.63, 3.8) is 0 Å². The van der Waals surface area contributed by atoms with Crippen LogP contribution in [0.4, 0.5) is 17.6 Å². The van der Waals surface area contributed by atoms with Crippen molar-refractivity contribution in [3.05, 3.63) is 88.7 Å². The average Bonchev–Trinajstić information content (AvgIpc) is 2.93. The standard InChI is InChI=1S/C28H28F4O7S/c1-35-12-13-37-17-38-20-9-11-22-19(14-20)8-10-21(18-6-4-3-5-7-18)27(22)23-15-24(29)26(16-25(23)36-2)39-40(33,34)28(30,31)32/h3-7,9,11,14-16,21,27H,8,10,12-13,17H2,1-2H3/t21-,27+/m1/s1. The Morgan fingerprint density at radius 3 is 2.35 bits per heavy atom. The van der Waals surface area contributed by atoms with Crippen molar-refractivity contribution in [1.29, 1.82) is 0 Å². The average molecular weight is 585 g/mol. The molecule has 0 amide bonds. The van der Waals surface area contributed by atoms with Gasteiger partial charge in [-0.1, -0.05) is 36.4 Å². The van der Waals surface area contributed by atoms with Crippen LogP contribution in [0.5, 0.6) is 17.2 Å². The molecule has 3 aromatic carbocycles. The first-order chi connectivity index (χ1) is 19.1. The zero-order valence-electron chi connectivity index (χ0n) is 21.7. The molecule has 0 radical (unpaired) electrons. The van der Waals surface area contributed by atoms with Crippen molar-refractivity contribution in [2.24, 2.45) is 0 Å². The molecular formula is C28H28F4O7S. The Kier molecular flexibility index (Phi) is 9.22. The largest absolute Gasteiger partial charge is 0.534 e. The predicted molar refractivity (Wildman–Crippen MR) is 138 cm³/mol. The van der Waals surface area contributed by atoms with E-state index in [2.05, 4.69) is 4.18 Å². The first-order valence-corrected chi connectivity index (χ1v) is 13.7. The Balaban J connectivity index is 1.75. The van der Waals surface area contributed by atoms with Gasteiger partial charge in [-0.25, -0.2) is 4.39 Å². The van der Waals surface area contributed by atoms with Crippen LogP contribution in [0.1, 0.15) is 40.5 Å². The maximum atomic E-state index is 15.2. The van der Waals surface area contributed by atoms with Crippen LogP contribution in [0.15, 0.2) is 60.7 Å². The second-order valence-corrected chi connectivity index (χ2v) is 10.6. The summed E-state index contributed by atoms with van der Waals surface area (Å²) in [6, 6.07) is 16.9. The summed E-state index contributed by atoms with van der Waals surface area (Å²) in [5, 5.41) is 0. The lowest BCUT2D eigenvalue weighted by Crippen LogP contribution is -2.28. The Bertz CT molecular complexity index is 1410. The fourth-order valence-electron chi connectivity index (χ4n) is 4.84. The highest BCUT2D eigenvalue weighted by Crippen LogP contribution is 2.50. The van der Waals surface area contributed by atoms with Crippen LogP contribution < -0.4 is 13.7 Å². The van der Waals surface area contributed by atoms with Crippen molar-refractivity contribution in [2.75, 3.05) is 34.2 Å². The monoisotopic (exact) mass is 584 g/mol. The van der Waals surface area contributed by atoms with E-state index in [1.807, 2.05) is 42.5 Å². The van der Waals surface area contributed by atoms with Gasteiger partial charge in [0.15, 0.2) is 18.4 Å². The van der Waals surface area contributed by atoms with E-state index in [1.54, 1.807) is 13.2 Å². The van der Waals surface area contributed by atoms with Gasteiger partial charge < -0.3 is 23.1 Å². The minimum Gasteiger partial charge on any atom is -0.496 e. The Morgan fingerprint density at radius 1 is 0.925 bits per heavy atom. The molecular weight excluding hydrogens is 556 g/mol. The van der Waals surface area contributed by atoms with Gasteiger partial charge in [0.2, 0.25) is 0 Å². The van der Waals surface area contributed by atoms with Gasteiger partial charge in [0.1, 0.15) is 11.5 Å². The summed E-state index contributed by atoms with van der Waals surface area (Å²) in [5.74, 6) is -2.43. The molecule has 40 heavy (non-hydrogen) atoms. The van der Waals surface area contributed by atoms with Crippen LogP contribution in [0.3, 0.4) is 0 Å². The van der Waals surface area contributed by atoms with Crippen LogP contribution >= 0.6 is 0 Å². The Morgan fingerprint density at radius 2 is 1.68 bits per heavy atom. The van der Waals surface area contributed by atoms with Crippen LogP contribution in [0.25, 0.3) is 0 Å². The molecule has 1 aliphatic rings. The number of benzene rings is 3. The smallest absolute Gasteiger partial charge is 0.496 e. The number of hydrogen-bond donors (Lipinski definition) is 0. The van der Waals surface area contributed by atoms with Gasteiger partial charge in [-0.3, -0.25) is 0 Å². The minimum atomic E-state index is -6.08. The van der Waals surface area contributed by atoms with E-state index in [1.165, 1.54) is 7.11 Å². The first-order valence-electron chi connectivity index (χ1n) is 12.3. The SMILES string of the molecule is COCCOCOc1ccc2c(c1)CC[C@H](c1ccccc1)[C@@H]2c1cc(F)c(OS(=O)(=O)C(F)(F)F)cc1OC.